The Balaban J connectivity index is 1.47. The van der Waals surface area contributed by atoms with Gasteiger partial charge in [-0.05, 0) is 24.3 Å². The molecule has 0 radical (unpaired) electrons. The summed E-state index contributed by atoms with van der Waals surface area (Å²) in [4.78, 5) is 27.4. The molecule has 0 atom stereocenters. The van der Waals surface area contributed by atoms with Gasteiger partial charge in [-0.15, -0.1) is 0 Å². The number of hydrogen-bond acceptors (Lipinski definition) is 7. The Bertz CT molecular complexity index is 1640. The standard InChI is InChI=1S/C26H27F2N7O3S/c1-3-34(2)39(37,38)33-22-12-18(27)11-20(24(22)28)25(36)21-15-32-26-19(21)10-17(14-31-26)16-4-5-23(30-13-16)35-8-6-29-7-9-35/h4-5,10-15,29,33H,3,6-9H2,1-2H3,(H,31,32). The number of hydrogen-bond donors (Lipinski definition) is 3. The molecule has 0 spiro atoms. The number of ketones is 1. The molecule has 0 saturated carbocycles. The molecule has 204 valence electrons. The molecule has 0 aliphatic carbocycles. The van der Waals surface area contributed by atoms with Crippen molar-refractivity contribution < 1.29 is 22.0 Å². The zero-order chi connectivity index (χ0) is 27.7. The average molecular weight is 556 g/mol. The van der Waals surface area contributed by atoms with Gasteiger partial charge in [0.05, 0.1) is 11.3 Å². The Morgan fingerprint density at radius 1 is 1.08 bits per heavy atom. The molecule has 1 aromatic carbocycles. The zero-order valence-electron chi connectivity index (χ0n) is 21.3. The second-order valence-corrected chi connectivity index (χ2v) is 10.9. The second-order valence-electron chi connectivity index (χ2n) is 9.13. The number of halogens is 2. The van der Waals surface area contributed by atoms with Crippen LogP contribution >= 0.6 is 0 Å². The number of pyridine rings is 2. The largest absolute Gasteiger partial charge is 0.354 e. The third kappa shape index (κ3) is 5.33. The number of aromatic amines is 1. The number of H-pyrrole nitrogens is 1. The summed E-state index contributed by atoms with van der Waals surface area (Å²) in [5, 5.41) is 3.71. The zero-order valence-corrected chi connectivity index (χ0v) is 22.1. The first-order valence-corrected chi connectivity index (χ1v) is 13.8. The van der Waals surface area contributed by atoms with Gasteiger partial charge in [-0.25, -0.2) is 18.7 Å². The van der Waals surface area contributed by atoms with Crippen LogP contribution in [0.3, 0.4) is 0 Å². The van der Waals surface area contributed by atoms with Gasteiger partial charge in [0.2, 0.25) is 0 Å². The van der Waals surface area contributed by atoms with Crippen molar-refractivity contribution in [2.24, 2.45) is 0 Å². The number of rotatable bonds is 8. The van der Waals surface area contributed by atoms with Crippen LogP contribution in [0.2, 0.25) is 0 Å². The highest BCUT2D eigenvalue weighted by Gasteiger charge is 2.25. The molecule has 1 fully saturated rings. The molecule has 3 aromatic heterocycles. The van der Waals surface area contributed by atoms with Gasteiger partial charge in [0, 0.05) is 86.5 Å². The fourth-order valence-electron chi connectivity index (χ4n) is 4.35. The molecule has 1 saturated heterocycles. The van der Waals surface area contributed by atoms with Gasteiger partial charge in [-0.3, -0.25) is 9.52 Å². The second kappa shape index (κ2) is 10.7. The molecule has 1 aliphatic heterocycles. The molecule has 3 N–H and O–H groups in total. The normalized spacial score (nSPS) is 14.2. The lowest BCUT2D eigenvalue weighted by molar-refractivity contribution is 0.103. The van der Waals surface area contributed by atoms with Gasteiger partial charge in [0.1, 0.15) is 17.3 Å². The molecular formula is C26H27F2N7O3S. The number of aromatic nitrogens is 3. The maximum atomic E-state index is 15.4. The number of fused-ring (bicyclic) bond motifs is 1. The van der Waals surface area contributed by atoms with Gasteiger partial charge in [0.15, 0.2) is 11.6 Å². The Morgan fingerprint density at radius 3 is 2.51 bits per heavy atom. The molecule has 10 nitrogen and oxygen atoms in total. The van der Waals surface area contributed by atoms with Gasteiger partial charge in [-0.2, -0.15) is 12.7 Å². The van der Waals surface area contributed by atoms with Crippen LogP contribution in [0.25, 0.3) is 22.2 Å². The number of nitrogens with zero attached hydrogens (tertiary/aromatic N) is 4. The SMILES string of the molecule is CCN(C)S(=O)(=O)Nc1cc(F)cc(C(=O)c2c[nH]c3ncc(-c4ccc(N5CCNCC5)nc4)cc23)c1F. The number of carbonyl (C=O) groups is 1. The minimum absolute atomic E-state index is 0.0636. The van der Waals surface area contributed by atoms with Crippen LogP contribution in [0.1, 0.15) is 22.8 Å². The van der Waals surface area contributed by atoms with E-state index in [1.54, 1.807) is 25.4 Å². The van der Waals surface area contributed by atoms with Gasteiger partial charge < -0.3 is 15.2 Å². The summed E-state index contributed by atoms with van der Waals surface area (Å²) in [6.07, 6.45) is 4.73. The Labute approximate surface area is 224 Å². The quantitative estimate of drug-likeness (QED) is 0.286. The third-order valence-electron chi connectivity index (χ3n) is 6.67. The van der Waals surface area contributed by atoms with Crippen LogP contribution in [-0.2, 0) is 10.2 Å². The highest BCUT2D eigenvalue weighted by molar-refractivity contribution is 7.90. The van der Waals surface area contributed by atoms with E-state index in [9.17, 15) is 17.6 Å². The summed E-state index contributed by atoms with van der Waals surface area (Å²) in [6, 6.07) is 7.01. The van der Waals surface area contributed by atoms with Crippen molar-refractivity contribution in [1.29, 1.82) is 0 Å². The Kier molecular flexibility index (Phi) is 7.30. The molecular weight excluding hydrogens is 528 g/mol. The van der Waals surface area contributed by atoms with Gasteiger partial charge in [-0.1, -0.05) is 6.92 Å². The van der Waals surface area contributed by atoms with Crippen molar-refractivity contribution in [1.82, 2.24) is 24.6 Å². The lowest BCUT2D eigenvalue weighted by Gasteiger charge is -2.28. The van der Waals surface area contributed by atoms with E-state index in [4.69, 9.17) is 0 Å². The summed E-state index contributed by atoms with van der Waals surface area (Å²) in [5.74, 6) is -2.11. The van der Waals surface area contributed by atoms with Crippen LogP contribution in [0.5, 0.6) is 0 Å². The van der Waals surface area contributed by atoms with Crippen molar-refractivity contribution in [2.75, 3.05) is 49.4 Å². The minimum atomic E-state index is -4.14. The van der Waals surface area contributed by atoms with Crippen LogP contribution in [0, 0.1) is 11.6 Å². The van der Waals surface area contributed by atoms with E-state index in [0.717, 1.165) is 47.9 Å². The highest BCUT2D eigenvalue weighted by Crippen LogP contribution is 2.29. The monoisotopic (exact) mass is 555 g/mol. The maximum Gasteiger partial charge on any atom is 0.301 e. The number of nitrogens with one attached hydrogen (secondary N) is 3. The summed E-state index contributed by atoms with van der Waals surface area (Å²) < 4.78 is 57.5. The van der Waals surface area contributed by atoms with Crippen molar-refractivity contribution in [3.63, 3.8) is 0 Å². The molecule has 0 bridgehead atoms. The summed E-state index contributed by atoms with van der Waals surface area (Å²) in [5.41, 5.74) is 0.638. The minimum Gasteiger partial charge on any atom is -0.354 e. The third-order valence-corrected chi connectivity index (χ3v) is 8.23. The van der Waals surface area contributed by atoms with E-state index in [1.165, 1.54) is 13.2 Å². The molecule has 39 heavy (non-hydrogen) atoms. The lowest BCUT2D eigenvalue weighted by Crippen LogP contribution is -2.43. The summed E-state index contributed by atoms with van der Waals surface area (Å²) >= 11 is 0. The van der Waals surface area contributed by atoms with Crippen LogP contribution < -0.4 is 14.9 Å². The molecule has 1 aliphatic rings. The summed E-state index contributed by atoms with van der Waals surface area (Å²) in [6.45, 7) is 5.21. The van der Waals surface area contributed by atoms with Crippen LogP contribution in [0.4, 0.5) is 20.3 Å². The number of piperazine rings is 1. The van der Waals surface area contributed by atoms with Gasteiger partial charge in [0.25, 0.3) is 0 Å². The smallest absolute Gasteiger partial charge is 0.301 e. The molecule has 5 rings (SSSR count). The number of anilines is 2. The summed E-state index contributed by atoms with van der Waals surface area (Å²) in [7, 11) is -2.86. The van der Waals surface area contributed by atoms with E-state index in [2.05, 4.69) is 25.2 Å². The van der Waals surface area contributed by atoms with E-state index >= 15 is 4.39 Å². The van der Waals surface area contributed by atoms with E-state index < -0.39 is 38.9 Å². The van der Waals surface area contributed by atoms with Crippen molar-refractivity contribution in [3.05, 3.63) is 71.7 Å². The first-order valence-electron chi connectivity index (χ1n) is 12.3. The predicted octanol–water partition coefficient (Wildman–Crippen LogP) is 3.15. The van der Waals surface area contributed by atoms with Crippen LogP contribution in [0.15, 0.2) is 48.9 Å². The van der Waals surface area contributed by atoms with Crippen molar-refractivity contribution in [3.8, 4) is 11.1 Å². The predicted molar refractivity (Wildman–Crippen MR) is 145 cm³/mol. The Hall–Kier alpha value is -3.94. The van der Waals surface area contributed by atoms with E-state index in [-0.39, 0.29) is 12.1 Å². The van der Waals surface area contributed by atoms with E-state index in [0.29, 0.717) is 22.7 Å². The first-order chi connectivity index (χ1) is 18.7. The molecule has 4 aromatic rings. The fourth-order valence-corrected chi connectivity index (χ4v) is 5.27. The first kappa shape index (κ1) is 26.7. The number of benzene rings is 1. The highest BCUT2D eigenvalue weighted by atomic mass is 32.2. The maximum absolute atomic E-state index is 15.4. The van der Waals surface area contributed by atoms with Crippen molar-refractivity contribution in [2.45, 2.75) is 6.92 Å². The molecule has 0 amide bonds. The van der Waals surface area contributed by atoms with Crippen LogP contribution in [-0.4, -0.2) is 73.2 Å². The molecule has 13 heteroatoms. The fraction of sp³-hybridized carbons (Fsp3) is 0.269. The molecule has 4 heterocycles. The number of carbonyl (C=O) groups excluding carboxylic acids is 1. The average Bonchev–Trinajstić information content (AvgIpc) is 3.37. The molecule has 0 unspecified atom stereocenters. The Morgan fingerprint density at radius 2 is 1.82 bits per heavy atom. The van der Waals surface area contributed by atoms with Crippen molar-refractivity contribution >= 4 is 38.5 Å². The van der Waals surface area contributed by atoms with E-state index in [1.807, 2.05) is 16.9 Å². The van der Waals surface area contributed by atoms with Gasteiger partial charge >= 0.3 is 10.2 Å². The topological polar surface area (TPSA) is 123 Å². The lowest BCUT2D eigenvalue weighted by atomic mass is 10.0.